The summed E-state index contributed by atoms with van der Waals surface area (Å²) in [6.07, 6.45) is 2.07. The highest BCUT2D eigenvalue weighted by atomic mass is 32.2. The maximum absolute atomic E-state index is 12.6. The number of nitrogens with zero attached hydrogens (tertiary/aromatic N) is 2. The zero-order valence-corrected chi connectivity index (χ0v) is 17.9. The van der Waals surface area contributed by atoms with Crippen molar-refractivity contribution in [3.05, 3.63) is 24.3 Å². The number of ether oxygens (including phenoxy) is 2. The summed E-state index contributed by atoms with van der Waals surface area (Å²) in [5.41, 5.74) is 0.812. The number of methoxy groups -OCH3 is 1. The molecule has 0 radical (unpaired) electrons. The van der Waals surface area contributed by atoms with Crippen LogP contribution in [0.4, 0.5) is 5.69 Å². The lowest BCUT2D eigenvalue weighted by molar-refractivity contribution is -0.120. The molecule has 2 fully saturated rings. The van der Waals surface area contributed by atoms with Gasteiger partial charge in [0.05, 0.1) is 30.8 Å². The number of anilines is 1. The molecule has 0 aromatic heterocycles. The number of carbonyl (C=O) groups excluding carboxylic acids is 1. The van der Waals surface area contributed by atoms with E-state index in [-0.39, 0.29) is 41.4 Å². The molecule has 1 aromatic carbocycles. The Labute approximate surface area is 175 Å². The van der Waals surface area contributed by atoms with Gasteiger partial charge in [0.25, 0.3) is 0 Å². The number of rotatable bonds is 6. The third-order valence-electron chi connectivity index (χ3n) is 5.27. The first-order chi connectivity index (χ1) is 13.9. The maximum Gasteiger partial charge on any atom is 0.240 e. The molecule has 8 nitrogen and oxygen atoms in total. The lowest BCUT2D eigenvalue weighted by Gasteiger charge is -2.24. The molecular weight excluding hydrogens is 414 g/mol. The summed E-state index contributed by atoms with van der Waals surface area (Å²) in [6.45, 7) is 1.35. The van der Waals surface area contributed by atoms with Crippen LogP contribution < -0.4 is 15.0 Å². The van der Waals surface area contributed by atoms with E-state index in [9.17, 15) is 13.2 Å². The number of fused-ring (bicyclic) bond motifs is 1. The Morgan fingerprint density at radius 3 is 2.79 bits per heavy atom. The number of nitrogens with one attached hydrogen (secondary N) is 1. The van der Waals surface area contributed by atoms with Gasteiger partial charge in [-0.15, -0.1) is 0 Å². The highest BCUT2D eigenvalue weighted by molar-refractivity contribution is 8.15. The first kappa shape index (κ1) is 20.5. The lowest BCUT2D eigenvalue weighted by atomic mass is 10.2. The second-order valence-corrected chi connectivity index (χ2v) is 10.8. The normalized spacial score (nSPS) is 27.3. The summed E-state index contributed by atoms with van der Waals surface area (Å²) in [4.78, 5) is 19.1. The molecule has 2 saturated heterocycles. The Bertz CT molecular complexity index is 882. The molecule has 4 rings (SSSR count). The minimum absolute atomic E-state index is 0.0781. The zero-order chi connectivity index (χ0) is 20.4. The minimum Gasteiger partial charge on any atom is -0.497 e. The average Bonchev–Trinajstić information content (AvgIpc) is 3.39. The van der Waals surface area contributed by atoms with Crippen molar-refractivity contribution < 1.29 is 22.7 Å². The van der Waals surface area contributed by atoms with Crippen molar-refractivity contribution in [1.29, 1.82) is 0 Å². The van der Waals surface area contributed by atoms with Gasteiger partial charge in [0.1, 0.15) is 12.3 Å². The first-order valence-corrected chi connectivity index (χ1v) is 12.4. The lowest BCUT2D eigenvalue weighted by Crippen LogP contribution is -2.42. The van der Waals surface area contributed by atoms with Crippen LogP contribution in [0.25, 0.3) is 0 Å². The largest absolute Gasteiger partial charge is 0.497 e. The predicted octanol–water partition coefficient (Wildman–Crippen LogP) is 1.07. The number of thioether (sulfide) groups is 1. The smallest absolute Gasteiger partial charge is 0.240 e. The number of amidine groups is 1. The molecule has 0 unspecified atom stereocenters. The van der Waals surface area contributed by atoms with Crippen LogP contribution in [-0.4, -0.2) is 75.2 Å². The van der Waals surface area contributed by atoms with Crippen molar-refractivity contribution in [3.8, 4) is 5.75 Å². The number of amides is 1. The van der Waals surface area contributed by atoms with Gasteiger partial charge in [0.2, 0.25) is 5.91 Å². The molecule has 10 heteroatoms. The van der Waals surface area contributed by atoms with Crippen LogP contribution in [0.5, 0.6) is 5.75 Å². The van der Waals surface area contributed by atoms with Crippen molar-refractivity contribution in [2.45, 2.75) is 30.2 Å². The second-order valence-electron chi connectivity index (χ2n) is 7.44. The van der Waals surface area contributed by atoms with Crippen molar-refractivity contribution in [1.82, 2.24) is 5.32 Å². The molecule has 1 N–H and O–H groups in total. The molecule has 1 amide bonds. The van der Waals surface area contributed by atoms with E-state index in [4.69, 9.17) is 9.47 Å². The number of hydrogen-bond donors (Lipinski definition) is 1. The Morgan fingerprint density at radius 1 is 1.34 bits per heavy atom. The summed E-state index contributed by atoms with van der Waals surface area (Å²) in [5.74, 6) is 0.817. The van der Waals surface area contributed by atoms with Crippen molar-refractivity contribution in [3.63, 3.8) is 0 Å². The molecule has 1 aromatic rings. The predicted molar refractivity (Wildman–Crippen MR) is 114 cm³/mol. The molecule has 158 valence electrons. The van der Waals surface area contributed by atoms with E-state index < -0.39 is 9.84 Å². The van der Waals surface area contributed by atoms with E-state index in [1.165, 1.54) is 11.8 Å². The summed E-state index contributed by atoms with van der Waals surface area (Å²) in [5, 5.41) is 3.55. The number of sulfone groups is 1. The van der Waals surface area contributed by atoms with Gasteiger partial charge in [0, 0.05) is 24.1 Å². The van der Waals surface area contributed by atoms with Gasteiger partial charge in [-0.2, -0.15) is 0 Å². The summed E-state index contributed by atoms with van der Waals surface area (Å²) in [7, 11) is -1.42. The van der Waals surface area contributed by atoms with Crippen LogP contribution in [0.3, 0.4) is 0 Å². The average molecular weight is 440 g/mol. The van der Waals surface area contributed by atoms with E-state index >= 15 is 0 Å². The highest BCUT2D eigenvalue weighted by Crippen LogP contribution is 2.37. The van der Waals surface area contributed by atoms with Crippen molar-refractivity contribution in [2.24, 2.45) is 4.99 Å². The van der Waals surface area contributed by atoms with E-state index in [2.05, 4.69) is 10.3 Å². The van der Waals surface area contributed by atoms with Crippen molar-refractivity contribution in [2.75, 3.05) is 43.2 Å². The van der Waals surface area contributed by atoms with E-state index in [1.54, 1.807) is 7.11 Å². The number of aliphatic imine (C=N–C) groups is 1. The second kappa shape index (κ2) is 8.53. The SMILES string of the molecule is COc1ccc(N(CC(=O)NC[C@@H]2CCCO2)C2=N[C@H]3CS(=O)(=O)C[C@H]3S2)cc1. The van der Waals surface area contributed by atoms with Crippen LogP contribution in [0.1, 0.15) is 12.8 Å². The molecular formula is C19H25N3O5S2. The van der Waals surface area contributed by atoms with E-state index in [1.807, 2.05) is 29.2 Å². The molecule has 3 atom stereocenters. The first-order valence-electron chi connectivity index (χ1n) is 9.68. The number of hydrogen-bond acceptors (Lipinski definition) is 8. The number of benzene rings is 1. The Hall–Kier alpha value is -1.78. The van der Waals surface area contributed by atoms with Gasteiger partial charge < -0.3 is 19.7 Å². The molecule has 3 heterocycles. The Kier molecular flexibility index (Phi) is 6.03. The number of carbonyl (C=O) groups is 1. The molecule has 3 aliphatic rings. The fourth-order valence-electron chi connectivity index (χ4n) is 3.73. The molecule has 29 heavy (non-hydrogen) atoms. The third-order valence-corrected chi connectivity index (χ3v) is 8.52. The van der Waals surface area contributed by atoms with Gasteiger partial charge in [-0.25, -0.2) is 8.42 Å². The Morgan fingerprint density at radius 2 is 2.14 bits per heavy atom. The van der Waals surface area contributed by atoms with Crippen LogP contribution >= 0.6 is 11.8 Å². The Balaban J connectivity index is 1.49. The quantitative estimate of drug-likeness (QED) is 0.708. The standard InChI is InChI=1S/C19H25N3O5S2/c1-26-14-6-4-13(5-7-14)22(10-18(23)20-9-15-3-2-8-27-15)19-21-16-11-29(24,25)12-17(16)28-19/h4-7,15-17H,2-3,8-12H2,1H3,(H,20,23)/t15-,16-,17+/m0/s1. The van der Waals surface area contributed by atoms with Gasteiger partial charge in [-0.3, -0.25) is 9.79 Å². The van der Waals surface area contributed by atoms with Crippen LogP contribution in [-0.2, 0) is 19.4 Å². The van der Waals surface area contributed by atoms with E-state index in [0.29, 0.717) is 11.7 Å². The van der Waals surface area contributed by atoms with Crippen molar-refractivity contribution >= 4 is 38.4 Å². The molecule has 0 spiro atoms. The summed E-state index contributed by atoms with van der Waals surface area (Å²) < 4.78 is 34.5. The van der Waals surface area contributed by atoms with Gasteiger partial charge >= 0.3 is 0 Å². The van der Waals surface area contributed by atoms with Gasteiger partial charge in [0.15, 0.2) is 15.0 Å². The minimum atomic E-state index is -3.03. The zero-order valence-electron chi connectivity index (χ0n) is 16.2. The highest BCUT2D eigenvalue weighted by Gasteiger charge is 2.44. The van der Waals surface area contributed by atoms with E-state index in [0.717, 1.165) is 30.9 Å². The molecule has 0 bridgehead atoms. The summed E-state index contributed by atoms with van der Waals surface area (Å²) >= 11 is 1.44. The fraction of sp³-hybridized carbons (Fsp3) is 0.579. The molecule has 3 aliphatic heterocycles. The van der Waals surface area contributed by atoms with Crippen LogP contribution in [0, 0.1) is 0 Å². The van der Waals surface area contributed by atoms with Gasteiger partial charge in [-0.1, -0.05) is 11.8 Å². The van der Waals surface area contributed by atoms with Crippen LogP contribution in [0.2, 0.25) is 0 Å². The topological polar surface area (TPSA) is 97.3 Å². The monoisotopic (exact) mass is 439 g/mol. The van der Waals surface area contributed by atoms with Crippen LogP contribution in [0.15, 0.2) is 29.3 Å². The molecule has 0 saturated carbocycles. The summed E-state index contributed by atoms with van der Waals surface area (Å²) in [6, 6.07) is 7.17. The third kappa shape index (κ3) is 4.87. The van der Waals surface area contributed by atoms with Gasteiger partial charge in [-0.05, 0) is 37.1 Å². The fourth-order valence-corrected chi connectivity index (χ4v) is 7.52. The molecule has 0 aliphatic carbocycles. The maximum atomic E-state index is 12.6.